The lowest BCUT2D eigenvalue weighted by Crippen LogP contribution is -2.11. The van der Waals surface area contributed by atoms with Gasteiger partial charge in [-0.25, -0.2) is 0 Å². The number of thiophene rings is 1. The van der Waals surface area contributed by atoms with Gasteiger partial charge in [0.05, 0.1) is 22.6 Å². The zero-order valence-electron chi connectivity index (χ0n) is 8.69. The minimum Gasteiger partial charge on any atom is -0.352 e. The lowest BCUT2D eigenvalue weighted by molar-refractivity contribution is 0.102. The number of carbonyl (C=O) groups excluding carboxylic acids is 2. The van der Waals surface area contributed by atoms with Crippen molar-refractivity contribution in [2.75, 3.05) is 10.6 Å². The molecule has 0 atom stereocenters. The number of fused-ring (bicyclic) bond motifs is 2. The van der Waals surface area contributed by atoms with Gasteiger partial charge in [-0.15, -0.1) is 11.3 Å². The summed E-state index contributed by atoms with van der Waals surface area (Å²) >= 11 is 1.46. The van der Waals surface area contributed by atoms with Gasteiger partial charge < -0.3 is 10.6 Å². The Hall–Kier alpha value is -2.14. The molecule has 1 aliphatic heterocycles. The number of hydrogen-bond acceptors (Lipinski definition) is 4. The fourth-order valence-electron chi connectivity index (χ4n) is 1.81. The molecular formula is C12H8N2O2S. The van der Waals surface area contributed by atoms with Crippen molar-refractivity contribution < 1.29 is 9.59 Å². The summed E-state index contributed by atoms with van der Waals surface area (Å²) in [4.78, 5) is 22.9. The molecular weight excluding hydrogens is 236 g/mol. The highest BCUT2D eigenvalue weighted by Gasteiger charge is 2.21. The van der Waals surface area contributed by atoms with Gasteiger partial charge in [-0.2, -0.15) is 0 Å². The van der Waals surface area contributed by atoms with Crippen molar-refractivity contribution in [3.05, 3.63) is 40.1 Å². The number of aldehydes is 1. The van der Waals surface area contributed by atoms with Gasteiger partial charge in [0, 0.05) is 16.3 Å². The molecule has 17 heavy (non-hydrogen) atoms. The molecule has 2 heterocycles. The zero-order chi connectivity index (χ0) is 11.8. The average Bonchev–Trinajstić information content (AvgIpc) is 2.74. The van der Waals surface area contributed by atoms with Crippen LogP contribution in [0.4, 0.5) is 17.1 Å². The molecule has 1 amide bonds. The first-order valence-electron chi connectivity index (χ1n) is 5.02. The SMILES string of the molecule is O=Cc1cccc2c1NC(=O)c1cscc1N2. The first-order valence-corrected chi connectivity index (χ1v) is 5.96. The monoisotopic (exact) mass is 244 g/mol. The van der Waals surface area contributed by atoms with Gasteiger partial charge in [0.25, 0.3) is 5.91 Å². The first kappa shape index (κ1) is 10.0. The van der Waals surface area contributed by atoms with Crippen molar-refractivity contribution in [2.45, 2.75) is 0 Å². The molecule has 0 saturated carbocycles. The third kappa shape index (κ3) is 1.52. The van der Waals surface area contributed by atoms with Crippen LogP contribution >= 0.6 is 11.3 Å². The molecule has 0 aliphatic carbocycles. The van der Waals surface area contributed by atoms with E-state index in [1.165, 1.54) is 11.3 Å². The molecule has 0 bridgehead atoms. The van der Waals surface area contributed by atoms with Gasteiger partial charge >= 0.3 is 0 Å². The highest BCUT2D eigenvalue weighted by Crippen LogP contribution is 2.35. The van der Waals surface area contributed by atoms with Gasteiger partial charge in [-0.1, -0.05) is 6.07 Å². The van der Waals surface area contributed by atoms with Gasteiger partial charge in [-0.3, -0.25) is 9.59 Å². The molecule has 2 N–H and O–H groups in total. The standard InChI is InChI=1S/C12H8N2O2S/c15-4-7-2-1-3-9-11(7)14-12(16)8-5-17-6-10(8)13-9/h1-6,13H,(H,14,16). The number of para-hydroxylation sites is 1. The summed E-state index contributed by atoms with van der Waals surface area (Å²) in [6.45, 7) is 0. The summed E-state index contributed by atoms with van der Waals surface area (Å²) in [5.41, 5.74) is 3.11. The zero-order valence-corrected chi connectivity index (χ0v) is 9.51. The topological polar surface area (TPSA) is 58.2 Å². The summed E-state index contributed by atoms with van der Waals surface area (Å²) < 4.78 is 0. The van der Waals surface area contributed by atoms with Gasteiger partial charge in [0.2, 0.25) is 0 Å². The van der Waals surface area contributed by atoms with E-state index in [4.69, 9.17) is 0 Å². The molecule has 1 aromatic heterocycles. The Morgan fingerprint density at radius 2 is 2.00 bits per heavy atom. The molecule has 2 aromatic rings. The van der Waals surface area contributed by atoms with Crippen LogP contribution < -0.4 is 10.6 Å². The second kappa shape index (κ2) is 3.71. The largest absolute Gasteiger partial charge is 0.352 e. The Balaban J connectivity index is 2.20. The summed E-state index contributed by atoms with van der Waals surface area (Å²) in [6, 6.07) is 5.28. The van der Waals surface area contributed by atoms with Crippen molar-refractivity contribution in [1.29, 1.82) is 0 Å². The Kier molecular flexibility index (Phi) is 2.19. The lowest BCUT2D eigenvalue weighted by atomic mass is 10.1. The fraction of sp³-hybridized carbons (Fsp3) is 0. The first-order chi connectivity index (χ1) is 8.29. The molecule has 1 aromatic carbocycles. The predicted octanol–water partition coefficient (Wildman–Crippen LogP) is 2.87. The van der Waals surface area contributed by atoms with Crippen LogP contribution in [0.25, 0.3) is 0 Å². The Morgan fingerprint density at radius 1 is 1.12 bits per heavy atom. The molecule has 0 unspecified atom stereocenters. The summed E-state index contributed by atoms with van der Waals surface area (Å²) in [7, 11) is 0. The van der Waals surface area contributed by atoms with Crippen molar-refractivity contribution in [2.24, 2.45) is 0 Å². The van der Waals surface area contributed by atoms with Crippen molar-refractivity contribution >= 4 is 40.6 Å². The van der Waals surface area contributed by atoms with E-state index in [9.17, 15) is 9.59 Å². The molecule has 0 radical (unpaired) electrons. The second-order valence-corrected chi connectivity index (χ2v) is 4.41. The van der Waals surface area contributed by atoms with Crippen molar-refractivity contribution in [3.63, 3.8) is 0 Å². The average molecular weight is 244 g/mol. The van der Waals surface area contributed by atoms with Gasteiger partial charge in [0.1, 0.15) is 0 Å². The quantitative estimate of drug-likeness (QED) is 0.758. The number of carbonyl (C=O) groups is 2. The number of anilines is 3. The maximum atomic E-state index is 11.9. The summed E-state index contributed by atoms with van der Waals surface area (Å²) in [5.74, 6) is -0.193. The molecule has 3 rings (SSSR count). The molecule has 4 nitrogen and oxygen atoms in total. The fourth-order valence-corrected chi connectivity index (χ4v) is 2.57. The van der Waals surface area contributed by atoms with Gasteiger partial charge in [0.15, 0.2) is 6.29 Å². The van der Waals surface area contributed by atoms with E-state index < -0.39 is 0 Å². The van der Waals surface area contributed by atoms with Crippen LogP contribution in [-0.2, 0) is 0 Å². The van der Waals surface area contributed by atoms with Crippen LogP contribution in [-0.4, -0.2) is 12.2 Å². The highest BCUT2D eigenvalue weighted by molar-refractivity contribution is 7.08. The number of rotatable bonds is 1. The van der Waals surface area contributed by atoms with E-state index in [1.807, 2.05) is 11.4 Å². The van der Waals surface area contributed by atoms with Crippen molar-refractivity contribution in [1.82, 2.24) is 0 Å². The Bertz CT molecular complexity index is 619. The number of benzene rings is 1. The van der Waals surface area contributed by atoms with E-state index in [0.717, 1.165) is 17.7 Å². The lowest BCUT2D eigenvalue weighted by Gasteiger charge is -2.09. The molecule has 0 fully saturated rings. The molecule has 5 heteroatoms. The highest BCUT2D eigenvalue weighted by atomic mass is 32.1. The summed E-state index contributed by atoms with van der Waals surface area (Å²) in [6.07, 6.45) is 0.736. The van der Waals surface area contributed by atoms with Crippen LogP contribution in [0.5, 0.6) is 0 Å². The van der Waals surface area contributed by atoms with Crippen LogP contribution in [0.2, 0.25) is 0 Å². The normalized spacial score (nSPS) is 12.8. The molecule has 84 valence electrons. The Labute approximate surface area is 101 Å². The minimum atomic E-state index is -0.193. The Morgan fingerprint density at radius 3 is 2.82 bits per heavy atom. The summed E-state index contributed by atoms with van der Waals surface area (Å²) in [5, 5.41) is 9.57. The van der Waals surface area contributed by atoms with Gasteiger partial charge in [-0.05, 0) is 12.1 Å². The van der Waals surface area contributed by atoms with E-state index in [2.05, 4.69) is 10.6 Å². The molecule has 0 spiro atoms. The number of amides is 1. The molecule has 1 aliphatic rings. The van der Waals surface area contributed by atoms with Crippen LogP contribution in [0.15, 0.2) is 29.0 Å². The third-order valence-corrected chi connectivity index (χ3v) is 3.38. The van der Waals surface area contributed by atoms with E-state index >= 15 is 0 Å². The van der Waals surface area contributed by atoms with Crippen LogP contribution in [0, 0.1) is 0 Å². The van der Waals surface area contributed by atoms with E-state index in [0.29, 0.717) is 16.8 Å². The maximum Gasteiger partial charge on any atom is 0.258 e. The van der Waals surface area contributed by atoms with E-state index in [-0.39, 0.29) is 5.91 Å². The smallest absolute Gasteiger partial charge is 0.258 e. The number of nitrogens with one attached hydrogen (secondary N) is 2. The maximum absolute atomic E-state index is 11.9. The predicted molar refractivity (Wildman–Crippen MR) is 67.4 cm³/mol. The van der Waals surface area contributed by atoms with Crippen molar-refractivity contribution in [3.8, 4) is 0 Å². The molecule has 0 saturated heterocycles. The number of hydrogen-bond donors (Lipinski definition) is 2. The van der Waals surface area contributed by atoms with Crippen LogP contribution in [0.3, 0.4) is 0 Å². The second-order valence-electron chi connectivity index (χ2n) is 3.67. The minimum absolute atomic E-state index is 0.193. The van der Waals surface area contributed by atoms with E-state index in [1.54, 1.807) is 17.5 Å². The third-order valence-electron chi connectivity index (χ3n) is 2.64. The van der Waals surface area contributed by atoms with Crippen LogP contribution in [0.1, 0.15) is 20.7 Å².